The largest absolute Gasteiger partial charge is 0.507 e. The lowest BCUT2D eigenvalue weighted by Crippen LogP contribution is -2.02. The van der Waals surface area contributed by atoms with E-state index >= 15 is 0 Å². The molecule has 2 heterocycles. The fourth-order valence-electron chi connectivity index (χ4n) is 4.46. The van der Waals surface area contributed by atoms with E-state index in [4.69, 9.17) is 9.97 Å². The molecular formula is C31H24N4O. The minimum Gasteiger partial charge on any atom is -0.507 e. The summed E-state index contributed by atoms with van der Waals surface area (Å²) in [6, 6.07) is 35.8. The predicted octanol–water partition coefficient (Wildman–Crippen LogP) is 7.07. The minimum absolute atomic E-state index is 0.189. The monoisotopic (exact) mass is 468 g/mol. The van der Waals surface area contributed by atoms with Crippen LogP contribution in [0, 0.1) is 6.92 Å². The first-order valence-corrected chi connectivity index (χ1v) is 11.8. The second-order valence-corrected chi connectivity index (χ2v) is 8.64. The highest BCUT2D eigenvalue weighted by Gasteiger charge is 2.22. The van der Waals surface area contributed by atoms with Crippen LogP contribution >= 0.6 is 0 Å². The van der Waals surface area contributed by atoms with Gasteiger partial charge >= 0.3 is 0 Å². The second-order valence-electron chi connectivity index (χ2n) is 8.64. The van der Waals surface area contributed by atoms with Gasteiger partial charge in [-0.2, -0.15) is 0 Å². The summed E-state index contributed by atoms with van der Waals surface area (Å²) < 4.78 is 4.11. The van der Waals surface area contributed by atoms with E-state index in [1.807, 2.05) is 89.6 Å². The molecule has 0 radical (unpaired) electrons. The summed E-state index contributed by atoms with van der Waals surface area (Å²) in [5.41, 5.74) is 6.40. The molecule has 0 unspecified atom stereocenters. The van der Waals surface area contributed by atoms with Crippen molar-refractivity contribution in [3.8, 4) is 51.3 Å². The molecule has 36 heavy (non-hydrogen) atoms. The first kappa shape index (κ1) is 21.6. The van der Waals surface area contributed by atoms with E-state index < -0.39 is 0 Å². The number of hydrogen-bond acceptors (Lipinski definition) is 3. The summed E-state index contributed by atoms with van der Waals surface area (Å²) in [6.07, 6.45) is 4.02. The molecule has 0 atom stereocenters. The Bertz CT molecular complexity index is 1520. The van der Waals surface area contributed by atoms with Gasteiger partial charge in [-0.15, -0.1) is 0 Å². The van der Waals surface area contributed by atoms with Crippen LogP contribution in [0.4, 0.5) is 0 Å². The molecule has 0 aliphatic heterocycles. The maximum Gasteiger partial charge on any atom is 0.182 e. The number of hydrogen-bond donors (Lipinski definition) is 1. The molecule has 174 valence electrons. The zero-order valence-corrected chi connectivity index (χ0v) is 19.8. The third-order valence-corrected chi connectivity index (χ3v) is 6.28. The lowest BCUT2D eigenvalue weighted by Gasteiger charge is -2.10. The Labute approximate surface area is 209 Å². The van der Waals surface area contributed by atoms with Crippen LogP contribution < -0.4 is 0 Å². The van der Waals surface area contributed by atoms with E-state index in [9.17, 15) is 5.11 Å². The SMILES string of the molecule is Cc1ccccc1-c1cn(-c2ccccc2)c(-c2nc(-c3ccccc3O)cn2-c2ccccc2)n1. The maximum atomic E-state index is 10.6. The van der Waals surface area contributed by atoms with E-state index in [1.165, 1.54) is 0 Å². The summed E-state index contributed by atoms with van der Waals surface area (Å²) in [7, 11) is 0. The molecule has 0 fully saturated rings. The minimum atomic E-state index is 0.189. The topological polar surface area (TPSA) is 55.9 Å². The molecule has 0 amide bonds. The Balaban J connectivity index is 1.63. The number of imidazole rings is 2. The number of para-hydroxylation sites is 3. The first-order valence-electron chi connectivity index (χ1n) is 11.8. The molecule has 2 aromatic heterocycles. The van der Waals surface area contributed by atoms with Gasteiger partial charge in [-0.25, -0.2) is 9.97 Å². The molecule has 0 bridgehead atoms. The van der Waals surface area contributed by atoms with Crippen molar-refractivity contribution in [1.29, 1.82) is 0 Å². The van der Waals surface area contributed by atoms with E-state index in [2.05, 4.69) is 42.0 Å². The molecule has 0 saturated heterocycles. The number of nitrogens with zero attached hydrogens (tertiary/aromatic N) is 4. The molecule has 1 N–H and O–H groups in total. The molecule has 6 aromatic rings. The average molecular weight is 469 g/mol. The van der Waals surface area contributed by atoms with Crippen LogP contribution in [0.1, 0.15) is 5.56 Å². The Kier molecular flexibility index (Phi) is 5.43. The average Bonchev–Trinajstić information content (AvgIpc) is 3.55. The number of rotatable bonds is 5. The van der Waals surface area contributed by atoms with E-state index in [1.54, 1.807) is 6.07 Å². The quantitative estimate of drug-likeness (QED) is 0.294. The second kappa shape index (κ2) is 9.04. The Morgan fingerprint density at radius 1 is 0.528 bits per heavy atom. The summed E-state index contributed by atoms with van der Waals surface area (Å²) in [4.78, 5) is 10.1. The summed E-state index contributed by atoms with van der Waals surface area (Å²) >= 11 is 0. The maximum absolute atomic E-state index is 10.6. The van der Waals surface area contributed by atoms with Crippen molar-refractivity contribution < 1.29 is 5.11 Å². The lowest BCUT2D eigenvalue weighted by molar-refractivity contribution is 0.477. The van der Waals surface area contributed by atoms with Gasteiger partial charge in [-0.05, 0) is 48.9 Å². The van der Waals surface area contributed by atoms with Gasteiger partial charge in [0.15, 0.2) is 11.6 Å². The molecule has 0 aliphatic rings. The van der Waals surface area contributed by atoms with Crippen molar-refractivity contribution in [3.63, 3.8) is 0 Å². The van der Waals surface area contributed by atoms with Crippen molar-refractivity contribution in [2.24, 2.45) is 0 Å². The highest BCUT2D eigenvalue weighted by molar-refractivity contribution is 5.72. The van der Waals surface area contributed by atoms with Gasteiger partial charge in [0.2, 0.25) is 0 Å². The summed E-state index contributed by atoms with van der Waals surface area (Å²) in [5.74, 6) is 1.59. The number of benzene rings is 4. The van der Waals surface area contributed by atoms with Gasteiger partial charge in [0.1, 0.15) is 5.75 Å². The van der Waals surface area contributed by atoms with Crippen molar-refractivity contribution in [2.75, 3.05) is 0 Å². The Hall–Kier alpha value is -4.90. The number of aromatic hydroxyl groups is 1. The molecule has 4 aromatic carbocycles. The standard InChI is InChI=1S/C31H24N4O/c1-22-12-8-9-17-25(22)27-20-34(23-13-4-2-5-14-23)30(32-27)31-33-28(26-18-10-11-19-29(26)36)21-35(31)24-15-6-3-7-16-24/h2-21,36H,1H3. The van der Waals surface area contributed by atoms with Crippen molar-refractivity contribution in [3.05, 3.63) is 127 Å². The van der Waals surface area contributed by atoms with Gasteiger partial charge in [0, 0.05) is 34.9 Å². The smallest absolute Gasteiger partial charge is 0.182 e. The third kappa shape index (κ3) is 3.87. The Morgan fingerprint density at radius 2 is 0.972 bits per heavy atom. The van der Waals surface area contributed by atoms with Crippen LogP contribution in [-0.4, -0.2) is 24.2 Å². The van der Waals surface area contributed by atoms with Gasteiger partial charge < -0.3 is 5.11 Å². The first-order chi connectivity index (χ1) is 17.7. The molecular weight excluding hydrogens is 444 g/mol. The Morgan fingerprint density at radius 3 is 1.50 bits per heavy atom. The van der Waals surface area contributed by atoms with E-state index in [0.29, 0.717) is 22.9 Å². The highest BCUT2D eigenvalue weighted by atomic mass is 16.3. The van der Waals surface area contributed by atoms with Crippen LogP contribution in [0.25, 0.3) is 45.5 Å². The van der Waals surface area contributed by atoms with Crippen molar-refractivity contribution >= 4 is 0 Å². The highest BCUT2D eigenvalue weighted by Crippen LogP contribution is 2.34. The van der Waals surface area contributed by atoms with Crippen LogP contribution in [-0.2, 0) is 0 Å². The molecule has 0 aliphatic carbocycles. The van der Waals surface area contributed by atoms with Gasteiger partial charge in [0.25, 0.3) is 0 Å². The lowest BCUT2D eigenvalue weighted by atomic mass is 10.1. The third-order valence-electron chi connectivity index (χ3n) is 6.28. The predicted molar refractivity (Wildman–Crippen MR) is 143 cm³/mol. The molecule has 0 saturated carbocycles. The molecule has 5 heteroatoms. The van der Waals surface area contributed by atoms with Crippen LogP contribution in [0.2, 0.25) is 0 Å². The number of aromatic nitrogens is 4. The van der Waals surface area contributed by atoms with Crippen molar-refractivity contribution in [2.45, 2.75) is 6.92 Å². The number of phenols is 1. The summed E-state index contributed by atoms with van der Waals surface area (Å²) in [5, 5.41) is 10.6. The molecule has 6 rings (SSSR count). The van der Waals surface area contributed by atoms with Crippen LogP contribution in [0.3, 0.4) is 0 Å². The van der Waals surface area contributed by atoms with Crippen LogP contribution in [0.5, 0.6) is 5.75 Å². The zero-order chi connectivity index (χ0) is 24.5. The van der Waals surface area contributed by atoms with Gasteiger partial charge in [0.05, 0.1) is 11.4 Å². The van der Waals surface area contributed by atoms with Crippen LogP contribution in [0.15, 0.2) is 122 Å². The normalized spacial score (nSPS) is 11.0. The number of phenolic OH excluding ortho intramolecular Hbond substituents is 1. The van der Waals surface area contributed by atoms with Gasteiger partial charge in [-0.3, -0.25) is 9.13 Å². The zero-order valence-electron chi connectivity index (χ0n) is 19.8. The molecule has 5 nitrogen and oxygen atoms in total. The van der Waals surface area contributed by atoms with E-state index in [-0.39, 0.29) is 5.75 Å². The fraction of sp³-hybridized carbons (Fsp3) is 0.0323. The number of aryl methyl sites for hydroxylation is 1. The van der Waals surface area contributed by atoms with E-state index in [0.717, 1.165) is 28.2 Å². The fourth-order valence-corrected chi connectivity index (χ4v) is 4.46. The molecule has 0 spiro atoms. The van der Waals surface area contributed by atoms with Gasteiger partial charge in [-0.1, -0.05) is 72.8 Å². The van der Waals surface area contributed by atoms with Crippen molar-refractivity contribution in [1.82, 2.24) is 19.1 Å². The summed E-state index contributed by atoms with van der Waals surface area (Å²) in [6.45, 7) is 2.09.